The molecule has 0 aliphatic carbocycles. The van der Waals surface area contributed by atoms with Gasteiger partial charge in [-0.15, -0.1) is 0 Å². The molecule has 1 aromatic carbocycles. The van der Waals surface area contributed by atoms with Crippen molar-refractivity contribution >= 4 is 11.9 Å². The molecule has 0 radical (unpaired) electrons. The van der Waals surface area contributed by atoms with Gasteiger partial charge in [-0.25, -0.2) is 9.18 Å². The molecule has 0 spiro atoms. The molecule has 5 heteroatoms. The van der Waals surface area contributed by atoms with Crippen molar-refractivity contribution in [3.8, 4) is 0 Å². The van der Waals surface area contributed by atoms with Crippen molar-refractivity contribution in [3.05, 3.63) is 35.6 Å². The molecule has 1 atom stereocenters. The zero-order valence-electron chi connectivity index (χ0n) is 18.9. The summed E-state index contributed by atoms with van der Waals surface area (Å²) in [4.78, 5) is 24.0. The van der Waals surface area contributed by atoms with Gasteiger partial charge < -0.3 is 10.1 Å². The number of carbonyl (C=O) groups is 2. The van der Waals surface area contributed by atoms with Crippen LogP contribution in [0.25, 0.3) is 0 Å². The first-order valence-electron chi connectivity index (χ1n) is 11.8. The maximum atomic E-state index is 12.9. The lowest BCUT2D eigenvalue weighted by Crippen LogP contribution is -2.39. The number of ether oxygens (including phenoxy) is 1. The van der Waals surface area contributed by atoms with E-state index in [0.717, 1.165) is 12.8 Å². The highest BCUT2D eigenvalue weighted by Gasteiger charge is 2.17. The third-order valence-corrected chi connectivity index (χ3v) is 5.30. The Kier molecular flexibility index (Phi) is 14.7. The number of rotatable bonds is 17. The first-order chi connectivity index (χ1) is 14.5. The van der Waals surface area contributed by atoms with Crippen LogP contribution in [0.1, 0.15) is 108 Å². The lowest BCUT2D eigenvalue weighted by atomic mass is 10.0. The monoisotopic (exact) mass is 421 g/mol. The maximum absolute atomic E-state index is 12.9. The summed E-state index contributed by atoms with van der Waals surface area (Å²) in [6.45, 7) is 4.23. The summed E-state index contributed by atoms with van der Waals surface area (Å²) in [5, 5.41) is 2.58. The minimum absolute atomic E-state index is 0.313. The van der Waals surface area contributed by atoms with Crippen molar-refractivity contribution in [3.63, 3.8) is 0 Å². The van der Waals surface area contributed by atoms with E-state index in [-0.39, 0.29) is 0 Å². The highest BCUT2D eigenvalue weighted by Crippen LogP contribution is 2.12. The quantitative estimate of drug-likeness (QED) is 0.228. The Hall–Kier alpha value is -1.91. The number of hydrogen-bond acceptors (Lipinski definition) is 3. The van der Waals surface area contributed by atoms with Crippen LogP contribution in [0.4, 0.5) is 4.39 Å². The van der Waals surface area contributed by atoms with E-state index in [2.05, 4.69) is 12.2 Å². The van der Waals surface area contributed by atoms with Crippen LogP contribution in [-0.2, 0) is 9.53 Å². The van der Waals surface area contributed by atoms with Crippen molar-refractivity contribution in [1.82, 2.24) is 5.32 Å². The van der Waals surface area contributed by atoms with Gasteiger partial charge in [0.15, 0.2) is 0 Å². The van der Waals surface area contributed by atoms with Crippen molar-refractivity contribution in [2.75, 3.05) is 6.61 Å². The fourth-order valence-corrected chi connectivity index (χ4v) is 3.36. The molecule has 0 aliphatic rings. The molecule has 1 N–H and O–H groups in total. The fraction of sp³-hybridized carbons (Fsp3) is 0.680. The van der Waals surface area contributed by atoms with Crippen LogP contribution in [0.5, 0.6) is 0 Å². The molecule has 170 valence electrons. The molecule has 0 aromatic heterocycles. The number of benzene rings is 1. The first kappa shape index (κ1) is 26.1. The van der Waals surface area contributed by atoms with E-state index in [1.54, 1.807) is 6.92 Å². The van der Waals surface area contributed by atoms with Gasteiger partial charge in [-0.2, -0.15) is 0 Å². The van der Waals surface area contributed by atoms with Crippen molar-refractivity contribution in [1.29, 1.82) is 0 Å². The molecule has 4 nitrogen and oxygen atoms in total. The van der Waals surface area contributed by atoms with E-state index in [9.17, 15) is 14.0 Å². The summed E-state index contributed by atoms with van der Waals surface area (Å²) in [6, 6.07) is 4.47. The maximum Gasteiger partial charge on any atom is 0.328 e. The number of carbonyl (C=O) groups excluding carboxylic acids is 2. The third kappa shape index (κ3) is 12.6. The van der Waals surface area contributed by atoms with Crippen molar-refractivity contribution < 1.29 is 18.7 Å². The molecule has 0 saturated carbocycles. The summed E-state index contributed by atoms with van der Waals surface area (Å²) in [7, 11) is 0. The normalized spacial score (nSPS) is 11.8. The number of unbranched alkanes of at least 4 members (excludes halogenated alkanes) is 12. The van der Waals surface area contributed by atoms with E-state index >= 15 is 0 Å². The second-order valence-corrected chi connectivity index (χ2v) is 8.11. The van der Waals surface area contributed by atoms with E-state index in [1.807, 2.05) is 0 Å². The standard InChI is InChI=1S/C25H40FNO3/c1-3-4-5-6-7-8-9-10-11-12-13-14-15-20-30-25(29)21(2)27-24(28)22-16-18-23(26)19-17-22/h16-19,21H,3-15,20H2,1-2H3,(H,27,28)/t21-/m0/s1. The lowest BCUT2D eigenvalue weighted by Gasteiger charge is -2.13. The zero-order valence-corrected chi connectivity index (χ0v) is 18.9. The van der Waals surface area contributed by atoms with Crippen LogP contribution in [0.3, 0.4) is 0 Å². The Morgan fingerprint density at radius 1 is 0.833 bits per heavy atom. The SMILES string of the molecule is CCCCCCCCCCCCCCCOC(=O)[C@H](C)NC(=O)c1ccc(F)cc1. The summed E-state index contributed by atoms with van der Waals surface area (Å²) in [6.07, 6.45) is 16.5. The minimum atomic E-state index is -0.732. The number of amides is 1. The molecule has 0 unspecified atom stereocenters. The Bertz CT molecular complexity index is 589. The van der Waals surface area contributed by atoms with Gasteiger partial charge in [0, 0.05) is 5.56 Å². The average molecular weight is 422 g/mol. The number of halogens is 1. The van der Waals surface area contributed by atoms with Crippen LogP contribution >= 0.6 is 0 Å². The average Bonchev–Trinajstić information content (AvgIpc) is 2.74. The number of nitrogens with one attached hydrogen (secondary N) is 1. The Morgan fingerprint density at radius 3 is 1.80 bits per heavy atom. The van der Waals surface area contributed by atoms with Gasteiger partial charge in [0.05, 0.1) is 6.61 Å². The molecule has 0 bridgehead atoms. The molecule has 1 amide bonds. The van der Waals surface area contributed by atoms with Crippen LogP contribution in [0.15, 0.2) is 24.3 Å². The summed E-state index contributed by atoms with van der Waals surface area (Å²) < 4.78 is 18.1. The predicted octanol–water partition coefficient (Wildman–Crippen LogP) is 6.58. The number of esters is 1. The third-order valence-electron chi connectivity index (χ3n) is 5.30. The van der Waals surface area contributed by atoms with Gasteiger partial charge >= 0.3 is 5.97 Å². The molecule has 0 heterocycles. The second-order valence-electron chi connectivity index (χ2n) is 8.11. The molecule has 1 aromatic rings. The van der Waals surface area contributed by atoms with Crippen molar-refractivity contribution in [2.24, 2.45) is 0 Å². The van der Waals surface area contributed by atoms with Crippen LogP contribution < -0.4 is 5.32 Å². The first-order valence-corrected chi connectivity index (χ1v) is 11.8. The number of hydrogen-bond donors (Lipinski definition) is 1. The fourth-order valence-electron chi connectivity index (χ4n) is 3.36. The Labute approximate surface area is 182 Å². The van der Waals surface area contributed by atoms with E-state index in [4.69, 9.17) is 4.74 Å². The Morgan fingerprint density at radius 2 is 1.30 bits per heavy atom. The molecule has 0 saturated heterocycles. The van der Waals surface area contributed by atoms with Crippen molar-refractivity contribution in [2.45, 2.75) is 103 Å². The van der Waals surface area contributed by atoms with E-state index in [0.29, 0.717) is 12.2 Å². The van der Waals surface area contributed by atoms with Gasteiger partial charge in [0.2, 0.25) is 0 Å². The van der Waals surface area contributed by atoms with E-state index in [1.165, 1.54) is 94.9 Å². The molecule has 30 heavy (non-hydrogen) atoms. The smallest absolute Gasteiger partial charge is 0.328 e. The van der Waals surface area contributed by atoms with Gasteiger partial charge in [-0.05, 0) is 37.6 Å². The van der Waals surface area contributed by atoms with Gasteiger partial charge in [0.1, 0.15) is 11.9 Å². The van der Waals surface area contributed by atoms with Crippen LogP contribution in [0, 0.1) is 5.82 Å². The van der Waals surface area contributed by atoms with Gasteiger partial charge in [-0.1, -0.05) is 84.0 Å². The topological polar surface area (TPSA) is 55.4 Å². The lowest BCUT2D eigenvalue weighted by molar-refractivity contribution is -0.145. The highest BCUT2D eigenvalue weighted by molar-refractivity contribution is 5.96. The van der Waals surface area contributed by atoms with Crippen LogP contribution in [0.2, 0.25) is 0 Å². The summed E-state index contributed by atoms with van der Waals surface area (Å²) in [5.41, 5.74) is 0.313. The molecule has 1 rings (SSSR count). The zero-order chi connectivity index (χ0) is 22.0. The molecule has 0 aliphatic heterocycles. The molecular formula is C25H40FNO3. The largest absolute Gasteiger partial charge is 0.464 e. The van der Waals surface area contributed by atoms with Gasteiger partial charge in [-0.3, -0.25) is 4.79 Å². The van der Waals surface area contributed by atoms with Gasteiger partial charge in [0.25, 0.3) is 5.91 Å². The Balaban J connectivity index is 1.96. The van der Waals surface area contributed by atoms with Crippen LogP contribution in [-0.4, -0.2) is 24.5 Å². The second kappa shape index (κ2) is 16.8. The molecule has 0 fully saturated rings. The summed E-state index contributed by atoms with van der Waals surface area (Å²) >= 11 is 0. The summed E-state index contributed by atoms with van der Waals surface area (Å²) in [5.74, 6) is -1.26. The minimum Gasteiger partial charge on any atom is -0.464 e. The molecular weight excluding hydrogens is 381 g/mol. The van der Waals surface area contributed by atoms with E-state index < -0.39 is 23.7 Å². The predicted molar refractivity (Wildman–Crippen MR) is 120 cm³/mol. The highest BCUT2D eigenvalue weighted by atomic mass is 19.1.